The molecule has 3 aromatic heterocycles. The zero-order valence-electron chi connectivity index (χ0n) is 21.5. The average Bonchev–Trinajstić information content (AvgIpc) is 3.34. The average molecular weight is 496 g/mol. The fourth-order valence-corrected chi connectivity index (χ4v) is 5.35. The van der Waals surface area contributed by atoms with Crippen molar-refractivity contribution in [3.05, 3.63) is 72.7 Å². The van der Waals surface area contributed by atoms with Crippen LogP contribution in [-0.4, -0.2) is 32.2 Å². The van der Waals surface area contributed by atoms with Gasteiger partial charge < -0.3 is 10.5 Å². The molecule has 1 aliphatic rings. The number of fused-ring (bicyclic) bond motifs is 1. The Morgan fingerprint density at radius 2 is 1.84 bits per heavy atom. The van der Waals surface area contributed by atoms with E-state index in [2.05, 4.69) is 16.7 Å². The van der Waals surface area contributed by atoms with Gasteiger partial charge in [0.2, 0.25) is 0 Å². The van der Waals surface area contributed by atoms with Crippen LogP contribution < -0.4 is 5.73 Å². The number of nitrogens with two attached hydrogens (primary N) is 1. The number of allylic oxidation sites excluding steroid dienone is 1. The molecule has 7 nitrogen and oxygen atoms in total. The van der Waals surface area contributed by atoms with Crippen molar-refractivity contribution >= 4 is 23.0 Å². The molecule has 1 fully saturated rings. The third kappa shape index (κ3) is 4.99. The summed E-state index contributed by atoms with van der Waals surface area (Å²) in [4.78, 5) is 21.9. The Bertz CT molecular complexity index is 1420. The molecule has 37 heavy (non-hydrogen) atoms. The van der Waals surface area contributed by atoms with Gasteiger partial charge in [-0.3, -0.25) is 9.78 Å². The number of rotatable bonds is 7. The second-order valence-electron chi connectivity index (χ2n) is 9.86. The molecule has 0 amide bonds. The van der Waals surface area contributed by atoms with Crippen LogP contribution in [0.1, 0.15) is 50.8 Å². The van der Waals surface area contributed by atoms with Gasteiger partial charge in [-0.25, -0.2) is 4.98 Å². The van der Waals surface area contributed by atoms with Crippen molar-refractivity contribution in [3.8, 4) is 22.4 Å². The SMILES string of the molecule is C=C(C)c1c(CC2CCC(C(=O)OCC)CC2)nc2c(-c3ccc(-c4ccccc4)nc3)cnn2c1N. The van der Waals surface area contributed by atoms with E-state index < -0.39 is 0 Å². The first-order valence-corrected chi connectivity index (χ1v) is 13.0. The highest BCUT2D eigenvalue weighted by Crippen LogP contribution is 2.35. The Kier molecular flexibility index (Phi) is 7.04. The van der Waals surface area contributed by atoms with Crippen LogP contribution in [0.3, 0.4) is 0 Å². The van der Waals surface area contributed by atoms with Crippen LogP contribution in [0.5, 0.6) is 0 Å². The summed E-state index contributed by atoms with van der Waals surface area (Å²) < 4.78 is 6.93. The third-order valence-corrected chi connectivity index (χ3v) is 7.28. The van der Waals surface area contributed by atoms with E-state index in [4.69, 9.17) is 15.5 Å². The number of anilines is 1. The van der Waals surface area contributed by atoms with E-state index in [1.807, 2.05) is 62.5 Å². The zero-order valence-corrected chi connectivity index (χ0v) is 21.5. The monoisotopic (exact) mass is 495 g/mol. The number of aromatic nitrogens is 4. The number of hydrogen-bond acceptors (Lipinski definition) is 6. The number of nitrogens with zero attached hydrogens (tertiary/aromatic N) is 4. The predicted molar refractivity (Wildman–Crippen MR) is 147 cm³/mol. The molecule has 0 unspecified atom stereocenters. The summed E-state index contributed by atoms with van der Waals surface area (Å²) in [6.07, 6.45) is 8.07. The summed E-state index contributed by atoms with van der Waals surface area (Å²) in [5.41, 5.74) is 13.8. The summed E-state index contributed by atoms with van der Waals surface area (Å²) in [5.74, 6) is 0.914. The van der Waals surface area contributed by atoms with Crippen LogP contribution in [0.15, 0.2) is 61.4 Å². The highest BCUT2D eigenvalue weighted by Gasteiger charge is 2.29. The van der Waals surface area contributed by atoms with E-state index in [9.17, 15) is 4.79 Å². The van der Waals surface area contributed by atoms with Crippen LogP contribution in [0, 0.1) is 11.8 Å². The minimum Gasteiger partial charge on any atom is -0.466 e. The fourth-order valence-electron chi connectivity index (χ4n) is 5.35. The quantitative estimate of drug-likeness (QED) is 0.317. The van der Waals surface area contributed by atoms with Gasteiger partial charge in [0.25, 0.3) is 0 Å². The second kappa shape index (κ2) is 10.5. The molecule has 1 aliphatic carbocycles. The van der Waals surface area contributed by atoms with Gasteiger partial charge in [-0.15, -0.1) is 0 Å². The van der Waals surface area contributed by atoms with Crippen molar-refractivity contribution in [3.63, 3.8) is 0 Å². The van der Waals surface area contributed by atoms with E-state index in [1.54, 1.807) is 10.7 Å². The van der Waals surface area contributed by atoms with Crippen molar-refractivity contribution in [2.24, 2.45) is 11.8 Å². The highest BCUT2D eigenvalue weighted by molar-refractivity contribution is 5.82. The maximum absolute atomic E-state index is 12.2. The first-order valence-electron chi connectivity index (χ1n) is 13.0. The number of pyridine rings is 1. The molecule has 0 bridgehead atoms. The molecule has 190 valence electrons. The molecular weight excluding hydrogens is 462 g/mol. The van der Waals surface area contributed by atoms with Crippen LogP contribution in [0.2, 0.25) is 0 Å². The zero-order chi connectivity index (χ0) is 25.9. The normalized spacial score (nSPS) is 17.6. The molecule has 1 saturated carbocycles. The van der Waals surface area contributed by atoms with Gasteiger partial charge in [0.1, 0.15) is 5.82 Å². The van der Waals surface area contributed by atoms with Crippen LogP contribution in [-0.2, 0) is 16.0 Å². The Balaban J connectivity index is 1.44. The molecular formula is C30H33N5O2. The number of esters is 1. The molecule has 2 N–H and O–H groups in total. The van der Waals surface area contributed by atoms with Crippen molar-refractivity contribution in [1.82, 2.24) is 19.6 Å². The lowest BCUT2D eigenvalue weighted by atomic mass is 9.79. The van der Waals surface area contributed by atoms with E-state index in [-0.39, 0.29) is 11.9 Å². The van der Waals surface area contributed by atoms with Crippen molar-refractivity contribution in [1.29, 1.82) is 0 Å². The van der Waals surface area contributed by atoms with Gasteiger partial charge in [0, 0.05) is 28.5 Å². The highest BCUT2D eigenvalue weighted by atomic mass is 16.5. The van der Waals surface area contributed by atoms with Crippen LogP contribution >= 0.6 is 0 Å². The summed E-state index contributed by atoms with van der Waals surface area (Å²) >= 11 is 0. The summed E-state index contributed by atoms with van der Waals surface area (Å²) in [5, 5.41) is 4.56. The first kappa shape index (κ1) is 24.7. The number of hydrogen-bond donors (Lipinski definition) is 1. The summed E-state index contributed by atoms with van der Waals surface area (Å²) in [6.45, 7) is 8.42. The van der Waals surface area contributed by atoms with E-state index in [1.165, 1.54) is 0 Å². The minimum atomic E-state index is -0.0665. The first-order chi connectivity index (χ1) is 18.0. The summed E-state index contributed by atoms with van der Waals surface area (Å²) in [6, 6.07) is 14.2. The second-order valence-corrected chi connectivity index (χ2v) is 9.86. The molecule has 5 rings (SSSR count). The maximum Gasteiger partial charge on any atom is 0.308 e. The fraction of sp³-hybridized carbons (Fsp3) is 0.333. The predicted octanol–water partition coefficient (Wildman–Crippen LogP) is 5.99. The van der Waals surface area contributed by atoms with Gasteiger partial charge >= 0.3 is 5.97 Å². The van der Waals surface area contributed by atoms with Crippen molar-refractivity contribution in [2.45, 2.75) is 46.0 Å². The summed E-state index contributed by atoms with van der Waals surface area (Å²) in [7, 11) is 0. The van der Waals surface area contributed by atoms with Crippen LogP contribution in [0.25, 0.3) is 33.6 Å². The van der Waals surface area contributed by atoms with Crippen LogP contribution in [0.4, 0.5) is 5.82 Å². The molecule has 3 heterocycles. The van der Waals surface area contributed by atoms with Crippen molar-refractivity contribution in [2.75, 3.05) is 12.3 Å². The molecule has 0 atom stereocenters. The largest absolute Gasteiger partial charge is 0.466 e. The molecule has 0 aliphatic heterocycles. The number of benzene rings is 1. The van der Waals surface area contributed by atoms with Crippen molar-refractivity contribution < 1.29 is 9.53 Å². The van der Waals surface area contributed by atoms with Gasteiger partial charge in [0.15, 0.2) is 5.65 Å². The van der Waals surface area contributed by atoms with Gasteiger partial charge in [-0.05, 0) is 63.5 Å². The lowest BCUT2D eigenvalue weighted by Crippen LogP contribution is -2.25. The Labute approximate surface area is 217 Å². The van der Waals surface area contributed by atoms with E-state index in [0.717, 1.165) is 71.3 Å². The maximum atomic E-state index is 12.2. The Hall–Kier alpha value is -4.00. The molecule has 0 radical (unpaired) electrons. The van der Waals surface area contributed by atoms with Gasteiger partial charge in [0.05, 0.1) is 30.1 Å². The number of ether oxygens (including phenoxy) is 1. The lowest BCUT2D eigenvalue weighted by molar-refractivity contribution is -0.149. The molecule has 0 spiro atoms. The Morgan fingerprint density at radius 1 is 1.08 bits per heavy atom. The van der Waals surface area contributed by atoms with E-state index in [0.29, 0.717) is 24.0 Å². The molecule has 4 aromatic rings. The standard InChI is InChI=1S/C30H33N5O2/c1-4-37-30(36)22-12-10-20(11-13-22)16-26-27(19(2)3)28(31)35-29(34-26)24(18-33-35)23-14-15-25(32-17-23)21-8-6-5-7-9-21/h5-9,14-15,17-18,20,22H,2,4,10-13,16,31H2,1,3H3. The number of nitrogen functional groups attached to an aromatic ring is 1. The van der Waals surface area contributed by atoms with Gasteiger partial charge in [-0.1, -0.05) is 43.0 Å². The molecule has 7 heteroatoms. The third-order valence-electron chi connectivity index (χ3n) is 7.28. The minimum absolute atomic E-state index is 0.00473. The van der Waals surface area contributed by atoms with Gasteiger partial charge in [-0.2, -0.15) is 9.61 Å². The molecule has 1 aromatic carbocycles. The lowest BCUT2D eigenvalue weighted by Gasteiger charge is -2.27. The number of carbonyl (C=O) groups excluding carboxylic acids is 1. The van der Waals surface area contributed by atoms with E-state index >= 15 is 0 Å². The number of carbonyl (C=O) groups is 1. The topological polar surface area (TPSA) is 95.4 Å². The molecule has 0 saturated heterocycles. The smallest absolute Gasteiger partial charge is 0.308 e. The Morgan fingerprint density at radius 3 is 2.49 bits per heavy atom.